The molecule has 0 aliphatic carbocycles. The van der Waals surface area contributed by atoms with Crippen LogP contribution in [0.25, 0.3) is 0 Å². The number of ether oxygens (including phenoxy) is 1. The molecule has 0 unspecified atom stereocenters. The number of hydrogen-bond donors (Lipinski definition) is 1. The first-order valence-electron chi connectivity index (χ1n) is 4.04. The van der Waals surface area contributed by atoms with Crippen LogP contribution in [0.4, 0.5) is 0 Å². The van der Waals surface area contributed by atoms with Crippen LogP contribution in [0.3, 0.4) is 0 Å². The van der Waals surface area contributed by atoms with E-state index < -0.39 is 5.97 Å². The Morgan fingerprint density at radius 3 is 3.08 bits per heavy atom. The molecule has 1 aromatic heterocycles. The number of carbonyl (C=O) groups is 1. The number of carboxylic acids is 1. The number of carboxylic acid groups (broad SMARTS) is 1. The lowest BCUT2D eigenvalue weighted by atomic mass is 10.3. The predicted molar refractivity (Wildman–Crippen MR) is 50.8 cm³/mol. The van der Waals surface area contributed by atoms with Crippen LogP contribution in [0.2, 0.25) is 0 Å². The van der Waals surface area contributed by atoms with Gasteiger partial charge in [-0.2, -0.15) is 0 Å². The molecule has 13 heavy (non-hydrogen) atoms. The first-order chi connectivity index (χ1) is 6.18. The standard InChI is InChI=1S/C9H12O3S/c1-7(5-9(10)11)12-6-8-3-2-4-13-8/h2-4,7H,5-6H2,1H3,(H,10,11)/t7-/m1/s1. The van der Waals surface area contributed by atoms with Crippen LogP contribution < -0.4 is 0 Å². The van der Waals surface area contributed by atoms with E-state index in [2.05, 4.69) is 0 Å². The summed E-state index contributed by atoms with van der Waals surface area (Å²) >= 11 is 1.61. The molecule has 0 aromatic carbocycles. The summed E-state index contributed by atoms with van der Waals surface area (Å²) in [6.07, 6.45) is -0.162. The van der Waals surface area contributed by atoms with E-state index in [0.717, 1.165) is 4.88 Å². The van der Waals surface area contributed by atoms with Crippen molar-refractivity contribution in [2.45, 2.75) is 26.1 Å². The Morgan fingerprint density at radius 2 is 2.54 bits per heavy atom. The Hall–Kier alpha value is -0.870. The molecule has 1 N–H and O–H groups in total. The highest BCUT2D eigenvalue weighted by atomic mass is 32.1. The van der Waals surface area contributed by atoms with Gasteiger partial charge >= 0.3 is 5.97 Å². The average molecular weight is 200 g/mol. The molecule has 0 bridgehead atoms. The van der Waals surface area contributed by atoms with Gasteiger partial charge in [0, 0.05) is 4.88 Å². The highest BCUT2D eigenvalue weighted by Gasteiger charge is 2.07. The maximum Gasteiger partial charge on any atom is 0.305 e. The van der Waals surface area contributed by atoms with Crippen molar-refractivity contribution >= 4 is 17.3 Å². The third-order valence-electron chi connectivity index (χ3n) is 1.55. The van der Waals surface area contributed by atoms with Crippen LogP contribution in [-0.2, 0) is 16.1 Å². The summed E-state index contributed by atoms with van der Waals surface area (Å²) < 4.78 is 5.33. The second-order valence-corrected chi connectivity index (χ2v) is 3.83. The van der Waals surface area contributed by atoms with Crippen molar-refractivity contribution in [2.75, 3.05) is 0 Å². The summed E-state index contributed by atoms with van der Waals surface area (Å²) in [6, 6.07) is 3.92. The fourth-order valence-corrected chi connectivity index (χ4v) is 1.55. The lowest BCUT2D eigenvalue weighted by Gasteiger charge is -2.08. The summed E-state index contributed by atoms with van der Waals surface area (Å²) in [5.41, 5.74) is 0. The number of aliphatic carboxylic acids is 1. The molecule has 1 aromatic rings. The molecule has 1 atom stereocenters. The summed E-state index contributed by atoms with van der Waals surface area (Å²) in [5.74, 6) is -0.821. The van der Waals surface area contributed by atoms with Crippen molar-refractivity contribution in [3.63, 3.8) is 0 Å². The van der Waals surface area contributed by atoms with E-state index in [1.165, 1.54) is 0 Å². The molecular formula is C9H12O3S. The van der Waals surface area contributed by atoms with E-state index in [9.17, 15) is 4.79 Å². The van der Waals surface area contributed by atoms with Crippen molar-refractivity contribution in [3.05, 3.63) is 22.4 Å². The molecule has 0 amide bonds. The topological polar surface area (TPSA) is 46.5 Å². The molecule has 0 aliphatic heterocycles. The van der Waals surface area contributed by atoms with Gasteiger partial charge in [-0.15, -0.1) is 11.3 Å². The Balaban J connectivity index is 2.22. The molecule has 72 valence electrons. The lowest BCUT2D eigenvalue weighted by molar-refractivity contribution is -0.140. The Kier molecular flexibility index (Phi) is 3.92. The quantitative estimate of drug-likeness (QED) is 0.792. The third-order valence-corrected chi connectivity index (χ3v) is 2.40. The van der Waals surface area contributed by atoms with Gasteiger partial charge in [-0.3, -0.25) is 4.79 Å². The second kappa shape index (κ2) is 4.99. The van der Waals surface area contributed by atoms with Crippen molar-refractivity contribution in [1.82, 2.24) is 0 Å². The normalized spacial score (nSPS) is 12.7. The van der Waals surface area contributed by atoms with Crippen LogP contribution in [-0.4, -0.2) is 17.2 Å². The minimum Gasteiger partial charge on any atom is -0.481 e. The summed E-state index contributed by atoms with van der Waals surface area (Å²) in [6.45, 7) is 2.27. The molecule has 0 radical (unpaired) electrons. The molecule has 0 fully saturated rings. The highest BCUT2D eigenvalue weighted by molar-refractivity contribution is 7.09. The number of rotatable bonds is 5. The first kappa shape index (κ1) is 10.2. The molecule has 0 aliphatic rings. The van der Waals surface area contributed by atoms with Crippen LogP contribution in [0.15, 0.2) is 17.5 Å². The van der Waals surface area contributed by atoms with E-state index in [4.69, 9.17) is 9.84 Å². The maximum atomic E-state index is 10.3. The van der Waals surface area contributed by atoms with Gasteiger partial charge in [-0.05, 0) is 18.4 Å². The average Bonchev–Trinajstić information content (AvgIpc) is 2.51. The molecule has 0 spiro atoms. The van der Waals surface area contributed by atoms with Gasteiger partial charge in [0.25, 0.3) is 0 Å². The Bertz CT molecular complexity index is 256. The van der Waals surface area contributed by atoms with Gasteiger partial charge < -0.3 is 9.84 Å². The SMILES string of the molecule is C[C@H](CC(=O)O)OCc1cccs1. The van der Waals surface area contributed by atoms with Crippen molar-refractivity contribution < 1.29 is 14.6 Å². The van der Waals surface area contributed by atoms with Crippen molar-refractivity contribution in [2.24, 2.45) is 0 Å². The van der Waals surface area contributed by atoms with Crippen molar-refractivity contribution in [1.29, 1.82) is 0 Å². The minimum atomic E-state index is -0.821. The zero-order valence-electron chi connectivity index (χ0n) is 7.40. The van der Waals surface area contributed by atoms with Crippen LogP contribution >= 0.6 is 11.3 Å². The largest absolute Gasteiger partial charge is 0.481 e. The Labute approximate surface area is 81.0 Å². The van der Waals surface area contributed by atoms with E-state index in [1.54, 1.807) is 18.3 Å². The predicted octanol–water partition coefficient (Wildman–Crippen LogP) is 2.13. The van der Waals surface area contributed by atoms with Gasteiger partial charge in [0.15, 0.2) is 0 Å². The van der Waals surface area contributed by atoms with E-state index in [0.29, 0.717) is 6.61 Å². The van der Waals surface area contributed by atoms with Crippen molar-refractivity contribution in [3.8, 4) is 0 Å². The van der Waals surface area contributed by atoms with Gasteiger partial charge in [-0.25, -0.2) is 0 Å². The lowest BCUT2D eigenvalue weighted by Crippen LogP contribution is -2.13. The van der Waals surface area contributed by atoms with Gasteiger partial charge in [0.05, 0.1) is 19.1 Å². The van der Waals surface area contributed by atoms with E-state index >= 15 is 0 Å². The molecular weight excluding hydrogens is 188 g/mol. The molecule has 3 nitrogen and oxygen atoms in total. The third kappa shape index (κ3) is 4.05. The molecule has 0 saturated carbocycles. The fraction of sp³-hybridized carbons (Fsp3) is 0.444. The zero-order chi connectivity index (χ0) is 9.68. The minimum absolute atomic E-state index is 0.0609. The highest BCUT2D eigenvalue weighted by Crippen LogP contribution is 2.11. The van der Waals surface area contributed by atoms with Crippen LogP contribution in [0.1, 0.15) is 18.2 Å². The monoisotopic (exact) mass is 200 g/mol. The van der Waals surface area contributed by atoms with Crippen LogP contribution in [0, 0.1) is 0 Å². The molecule has 1 heterocycles. The summed E-state index contributed by atoms with van der Waals surface area (Å²) in [5, 5.41) is 10.4. The van der Waals surface area contributed by atoms with E-state index in [-0.39, 0.29) is 12.5 Å². The van der Waals surface area contributed by atoms with Gasteiger partial charge in [-0.1, -0.05) is 6.07 Å². The number of thiophene rings is 1. The number of hydrogen-bond acceptors (Lipinski definition) is 3. The second-order valence-electron chi connectivity index (χ2n) is 2.80. The van der Waals surface area contributed by atoms with Crippen LogP contribution in [0.5, 0.6) is 0 Å². The molecule has 0 saturated heterocycles. The maximum absolute atomic E-state index is 10.3. The molecule has 4 heteroatoms. The van der Waals surface area contributed by atoms with Gasteiger partial charge in [0.1, 0.15) is 0 Å². The molecule has 1 rings (SSSR count). The van der Waals surface area contributed by atoms with Gasteiger partial charge in [0.2, 0.25) is 0 Å². The fourth-order valence-electron chi connectivity index (χ4n) is 0.924. The smallest absolute Gasteiger partial charge is 0.305 e. The Morgan fingerprint density at radius 1 is 1.77 bits per heavy atom. The first-order valence-corrected chi connectivity index (χ1v) is 4.92. The van der Waals surface area contributed by atoms with E-state index in [1.807, 2.05) is 17.5 Å². The zero-order valence-corrected chi connectivity index (χ0v) is 8.21. The summed E-state index contributed by atoms with van der Waals surface area (Å²) in [7, 11) is 0. The summed E-state index contributed by atoms with van der Waals surface area (Å²) in [4.78, 5) is 11.4.